The number of sulfonamides is 2. The van der Waals surface area contributed by atoms with Gasteiger partial charge < -0.3 is 19.7 Å². The maximum atomic E-state index is 13.4. The molecule has 2 saturated heterocycles. The number of nitrogens with zero attached hydrogens (tertiary/aromatic N) is 7. The highest BCUT2D eigenvalue weighted by Crippen LogP contribution is 2.39. The van der Waals surface area contributed by atoms with E-state index < -0.39 is 48.0 Å². The van der Waals surface area contributed by atoms with Crippen molar-refractivity contribution in [2.24, 2.45) is 11.8 Å². The highest BCUT2D eigenvalue weighted by atomic mass is 35.5. The topological polar surface area (TPSA) is 222 Å². The number of pyridine rings is 2. The number of amides is 2. The SMILES string of the molecule is CC(C)(C)[Si](C)(C)COc1ccn(-c2ccc(C(=O)NS(=O)(=O)c3ccccc3)c(Cl)n2)n1.C[C@@H]1CN(c2nc(-n3ccc(OC[Si](C)(C)C(C)(C)C)n3)ccc2C(=O)NS(=O)(=O)c2ccccc2)C(C)(C)C1.C[C@@H]1CNC(C)(C)C1. The van der Waals surface area contributed by atoms with E-state index >= 15 is 0 Å². The van der Waals surface area contributed by atoms with Crippen molar-refractivity contribution in [2.45, 2.75) is 153 Å². The van der Waals surface area contributed by atoms with E-state index in [1.54, 1.807) is 71.7 Å². The molecule has 8 rings (SSSR count). The van der Waals surface area contributed by atoms with Gasteiger partial charge in [-0.15, -0.1) is 10.2 Å². The number of hydrogen-bond donors (Lipinski definition) is 3. The van der Waals surface area contributed by atoms with Crippen LogP contribution in [0.4, 0.5) is 5.82 Å². The predicted octanol–water partition coefficient (Wildman–Crippen LogP) is 11.3. The van der Waals surface area contributed by atoms with E-state index in [4.69, 9.17) is 26.1 Å². The molecule has 0 saturated carbocycles. The highest BCUT2D eigenvalue weighted by Gasteiger charge is 2.40. The van der Waals surface area contributed by atoms with E-state index in [0.29, 0.717) is 59.7 Å². The summed E-state index contributed by atoms with van der Waals surface area (Å²) < 4.78 is 70.0. The molecular weight excluding hydrogens is 1120 g/mol. The summed E-state index contributed by atoms with van der Waals surface area (Å²) in [5.74, 6) is 1.93. The largest absolute Gasteiger partial charge is 0.480 e. The summed E-state index contributed by atoms with van der Waals surface area (Å²) in [5, 5.41) is 12.7. The molecule has 18 nitrogen and oxygen atoms in total. The van der Waals surface area contributed by atoms with Crippen LogP contribution in [0.5, 0.6) is 11.8 Å². The van der Waals surface area contributed by atoms with Gasteiger partial charge in [0.2, 0.25) is 11.8 Å². The molecule has 23 heteroatoms. The molecule has 0 aliphatic carbocycles. The number of aromatic nitrogens is 6. The zero-order chi connectivity index (χ0) is 60.1. The number of ether oxygens (including phenoxy) is 2. The van der Waals surface area contributed by atoms with E-state index in [9.17, 15) is 26.4 Å². The van der Waals surface area contributed by atoms with Gasteiger partial charge in [-0.1, -0.05) is 130 Å². The molecule has 4 aromatic heterocycles. The lowest BCUT2D eigenvalue weighted by Crippen LogP contribution is -2.43. The highest BCUT2D eigenvalue weighted by molar-refractivity contribution is 7.90. The Balaban J connectivity index is 0.000000232. The lowest BCUT2D eigenvalue weighted by molar-refractivity contribution is 0.0972. The number of rotatable bonds is 15. The zero-order valence-electron chi connectivity index (χ0n) is 49.9. The molecule has 2 amide bonds. The minimum absolute atomic E-state index is 0.0198. The van der Waals surface area contributed by atoms with Crippen LogP contribution in [-0.2, 0) is 20.0 Å². The zero-order valence-corrected chi connectivity index (χ0v) is 54.3. The molecule has 440 valence electrons. The van der Waals surface area contributed by atoms with Crippen molar-refractivity contribution in [3.05, 3.63) is 126 Å². The Morgan fingerprint density at radius 1 is 0.642 bits per heavy atom. The Morgan fingerprint density at radius 2 is 1.07 bits per heavy atom. The second kappa shape index (κ2) is 24.9. The van der Waals surface area contributed by atoms with Crippen molar-refractivity contribution in [1.29, 1.82) is 0 Å². The number of hydrogen-bond acceptors (Lipinski definition) is 14. The van der Waals surface area contributed by atoms with Gasteiger partial charge in [0.1, 0.15) is 11.0 Å². The Bertz CT molecular complexity index is 3380. The van der Waals surface area contributed by atoms with Crippen LogP contribution in [-0.4, -0.2) is 111 Å². The molecule has 2 atom stereocenters. The van der Waals surface area contributed by atoms with E-state index in [0.717, 1.165) is 12.3 Å². The van der Waals surface area contributed by atoms with Gasteiger partial charge >= 0.3 is 0 Å². The van der Waals surface area contributed by atoms with Gasteiger partial charge in [-0.25, -0.2) is 45.6 Å². The van der Waals surface area contributed by atoms with E-state index in [1.165, 1.54) is 54.0 Å². The van der Waals surface area contributed by atoms with Crippen molar-refractivity contribution in [3.63, 3.8) is 0 Å². The number of nitrogens with one attached hydrogen (secondary N) is 3. The summed E-state index contributed by atoms with van der Waals surface area (Å²) in [6.07, 6.45) is 6.96. The molecule has 0 radical (unpaired) electrons. The molecule has 6 aromatic rings. The molecule has 0 spiro atoms. The first-order valence-corrected chi connectivity index (χ1v) is 37.0. The lowest BCUT2D eigenvalue weighted by atomic mass is 9.97. The summed E-state index contributed by atoms with van der Waals surface area (Å²) in [5.41, 5.74) is 0.257. The summed E-state index contributed by atoms with van der Waals surface area (Å²) in [4.78, 5) is 37.1. The third kappa shape index (κ3) is 16.6. The van der Waals surface area contributed by atoms with Gasteiger partial charge in [0.15, 0.2) is 11.6 Å². The van der Waals surface area contributed by atoms with Crippen LogP contribution < -0.4 is 29.1 Å². The van der Waals surface area contributed by atoms with Crippen molar-refractivity contribution < 1.29 is 35.9 Å². The van der Waals surface area contributed by atoms with Crippen LogP contribution in [0, 0.1) is 11.8 Å². The average molecular weight is 1200 g/mol. The molecule has 6 heterocycles. The van der Waals surface area contributed by atoms with Gasteiger partial charge in [0.05, 0.1) is 49.5 Å². The smallest absolute Gasteiger partial charge is 0.268 e. The van der Waals surface area contributed by atoms with Crippen LogP contribution in [0.25, 0.3) is 11.6 Å². The molecule has 2 aliphatic heterocycles. The fourth-order valence-corrected chi connectivity index (χ4v) is 12.8. The maximum absolute atomic E-state index is 13.4. The summed E-state index contributed by atoms with van der Waals surface area (Å²) in [6.45, 7) is 37.6. The summed E-state index contributed by atoms with van der Waals surface area (Å²) in [6, 6.07) is 25.2. The molecule has 0 bridgehead atoms. The van der Waals surface area contributed by atoms with Gasteiger partial charge in [-0.05, 0) is 118 Å². The normalized spacial score (nSPS) is 17.3. The molecule has 2 aromatic carbocycles. The fraction of sp³-hybridized carbons (Fsp3) is 0.483. The number of carbonyl (C=O) groups excluding carboxylic acids is 2. The first kappa shape index (κ1) is 64.3. The van der Waals surface area contributed by atoms with Crippen LogP contribution >= 0.6 is 11.6 Å². The van der Waals surface area contributed by atoms with Crippen LogP contribution in [0.3, 0.4) is 0 Å². The second-order valence-corrected chi connectivity index (χ2v) is 40.7. The first-order chi connectivity index (χ1) is 37.4. The first-order valence-electron chi connectivity index (χ1n) is 27.2. The van der Waals surface area contributed by atoms with E-state index in [-0.39, 0.29) is 41.7 Å². The second-order valence-electron chi connectivity index (χ2n) is 25.9. The Kier molecular flexibility index (Phi) is 19.7. The van der Waals surface area contributed by atoms with E-state index in [2.05, 4.69) is 139 Å². The number of benzene rings is 2. The van der Waals surface area contributed by atoms with Crippen LogP contribution in [0.15, 0.2) is 119 Å². The van der Waals surface area contributed by atoms with Gasteiger partial charge in [0.25, 0.3) is 31.9 Å². The molecule has 81 heavy (non-hydrogen) atoms. The van der Waals surface area contributed by atoms with Crippen molar-refractivity contribution >= 4 is 65.4 Å². The van der Waals surface area contributed by atoms with Crippen LogP contribution in [0.2, 0.25) is 41.4 Å². The molecule has 2 fully saturated rings. The lowest BCUT2D eigenvalue weighted by Gasteiger charge is -2.35. The molecule has 0 unspecified atom stereocenters. The Labute approximate surface area is 487 Å². The fourth-order valence-electron chi connectivity index (χ4n) is 8.73. The Hall–Kier alpha value is -5.92. The van der Waals surface area contributed by atoms with Gasteiger partial charge in [-0.2, -0.15) is 0 Å². The minimum Gasteiger partial charge on any atom is -0.480 e. The number of anilines is 1. The third-order valence-corrected chi connectivity index (χ3v) is 28.5. The van der Waals surface area contributed by atoms with Gasteiger partial charge in [-0.3, -0.25) is 9.59 Å². The average Bonchev–Trinajstić information content (AvgIpc) is 4.39. The molecule has 2 aliphatic rings. The van der Waals surface area contributed by atoms with Gasteiger partial charge in [0, 0.05) is 42.1 Å². The minimum atomic E-state index is -4.05. The third-order valence-electron chi connectivity index (χ3n) is 15.7. The Morgan fingerprint density at radius 3 is 1.44 bits per heavy atom. The maximum Gasteiger partial charge on any atom is 0.268 e. The predicted molar refractivity (Wildman–Crippen MR) is 326 cm³/mol. The van der Waals surface area contributed by atoms with E-state index in [1.807, 2.05) is 10.8 Å². The van der Waals surface area contributed by atoms with Crippen LogP contribution in [0.1, 0.15) is 117 Å². The monoisotopic (exact) mass is 1200 g/mol. The summed E-state index contributed by atoms with van der Waals surface area (Å²) >= 11 is 6.19. The quantitative estimate of drug-likeness (QED) is 0.0643. The standard InChI is InChI=1S/C29H41N5O4SSi.C22H27ClN4O4SSi.C7H15N/c1-21-18-29(5,6)33(19-21)26-23(27(35)32-39(36,37)22-12-10-9-11-13-22)14-15-24(30-26)34-17-16-25(31-34)38-20-40(7,8)28(2,3)4;1-22(2,3)33(4,5)15-31-19-13-14-27(25-19)18-12-11-17(20(23)24-18)21(28)26-32(29,30)16-9-7-6-8-10-16;1-6-4-7(2,3)8-5-6/h9-17,21H,18-20H2,1-8H3,(H,32,35);6-14H,15H2,1-5H3,(H,26,28);6,8H,4-5H2,1-3H3/t21-;;6-/m0.0/s1. The number of carbonyl (C=O) groups is 2. The molecule has 3 N–H and O–H groups in total. The summed E-state index contributed by atoms with van der Waals surface area (Å²) in [7, 11) is -11.4. The van der Waals surface area contributed by atoms with Crippen molar-refractivity contribution in [3.8, 4) is 23.4 Å². The number of halogens is 1. The van der Waals surface area contributed by atoms with Crippen molar-refractivity contribution in [2.75, 3.05) is 30.4 Å². The molecular formula is C58H83ClN10O8S2Si2. The van der Waals surface area contributed by atoms with Crippen molar-refractivity contribution in [1.82, 2.24) is 44.3 Å².